The fourth-order valence-corrected chi connectivity index (χ4v) is 4.61. The second kappa shape index (κ2) is 9.74. The highest BCUT2D eigenvalue weighted by Crippen LogP contribution is 2.37. The lowest BCUT2D eigenvalue weighted by Crippen LogP contribution is -2.20. The minimum absolute atomic E-state index is 0.0984. The maximum absolute atomic E-state index is 12.9. The smallest absolute Gasteiger partial charge is 0.416 e. The van der Waals surface area contributed by atoms with Gasteiger partial charge in [-0.2, -0.15) is 13.2 Å². The van der Waals surface area contributed by atoms with E-state index < -0.39 is 35.8 Å². The zero-order valence-corrected chi connectivity index (χ0v) is 19.0. The van der Waals surface area contributed by atoms with Crippen LogP contribution in [0.2, 0.25) is 0 Å². The minimum atomic E-state index is -4.43. The van der Waals surface area contributed by atoms with E-state index in [0.29, 0.717) is 28.4 Å². The van der Waals surface area contributed by atoms with Crippen LogP contribution < -0.4 is 5.32 Å². The molecule has 0 spiro atoms. The van der Waals surface area contributed by atoms with Gasteiger partial charge in [0, 0.05) is 11.4 Å². The van der Waals surface area contributed by atoms with Crippen LogP contribution in [0.1, 0.15) is 44.2 Å². The Morgan fingerprint density at radius 3 is 2.59 bits per heavy atom. The van der Waals surface area contributed by atoms with Crippen molar-refractivity contribution in [3.05, 3.63) is 29.8 Å². The number of carbonyl (C=O) groups is 1. The monoisotopic (exact) mass is 496 g/mol. The zero-order valence-electron chi connectivity index (χ0n) is 18.2. The summed E-state index contributed by atoms with van der Waals surface area (Å²) in [7, 11) is 0. The van der Waals surface area contributed by atoms with Gasteiger partial charge in [-0.1, -0.05) is 18.6 Å². The molecule has 0 unspecified atom stereocenters. The molecule has 3 aromatic rings. The molecule has 3 N–H and O–H groups in total. The molecule has 3 atom stereocenters. The van der Waals surface area contributed by atoms with Crippen molar-refractivity contribution in [3.63, 3.8) is 0 Å². The number of unbranched alkanes of at least 4 members (excludes halogenated alkanes) is 1. The van der Waals surface area contributed by atoms with Crippen LogP contribution in [0.15, 0.2) is 34.3 Å². The van der Waals surface area contributed by atoms with E-state index in [0.717, 1.165) is 36.7 Å². The molecule has 1 aromatic carbocycles. The van der Waals surface area contributed by atoms with E-state index in [1.165, 1.54) is 16.8 Å². The third-order valence-electron chi connectivity index (χ3n) is 5.68. The Bertz CT molecular complexity index is 1170. The quantitative estimate of drug-likeness (QED) is 0.313. The summed E-state index contributed by atoms with van der Waals surface area (Å²) in [6.07, 6.45) is -3.25. The van der Waals surface area contributed by atoms with Gasteiger partial charge in [0.2, 0.25) is 0 Å². The lowest BCUT2D eigenvalue weighted by atomic mass is 10.1. The molecule has 4 rings (SSSR count). The second-order valence-electron chi connectivity index (χ2n) is 8.11. The first kappa shape index (κ1) is 24.2. The van der Waals surface area contributed by atoms with Gasteiger partial charge in [0.1, 0.15) is 0 Å². The number of halogens is 3. The van der Waals surface area contributed by atoms with Crippen LogP contribution in [0.3, 0.4) is 0 Å². The number of hydrogen-bond donors (Lipinski definition) is 3. The van der Waals surface area contributed by atoms with Gasteiger partial charge >= 0.3 is 12.1 Å². The van der Waals surface area contributed by atoms with Crippen LogP contribution in [0.4, 0.5) is 19.0 Å². The van der Waals surface area contributed by atoms with Gasteiger partial charge < -0.3 is 15.5 Å². The number of carboxylic acids is 1. The lowest BCUT2D eigenvalue weighted by Gasteiger charge is -2.15. The minimum Gasteiger partial charge on any atom is -0.481 e. The molecule has 1 aliphatic carbocycles. The molecule has 0 bridgehead atoms. The number of benzene rings is 1. The Morgan fingerprint density at radius 1 is 1.24 bits per heavy atom. The number of nitrogens with one attached hydrogen (secondary N) is 1. The van der Waals surface area contributed by atoms with E-state index in [1.54, 1.807) is 0 Å². The second-order valence-corrected chi connectivity index (χ2v) is 9.15. The van der Waals surface area contributed by atoms with E-state index in [4.69, 9.17) is 0 Å². The van der Waals surface area contributed by atoms with Crippen LogP contribution in [-0.2, 0) is 11.0 Å². The molecule has 13 heteroatoms. The first-order valence-electron chi connectivity index (χ1n) is 10.8. The number of hydrogen-bond acceptors (Lipinski definition) is 8. The topological polar surface area (TPSA) is 126 Å². The van der Waals surface area contributed by atoms with E-state index in [9.17, 15) is 28.2 Å². The van der Waals surface area contributed by atoms with Crippen LogP contribution in [-0.4, -0.2) is 53.8 Å². The lowest BCUT2D eigenvalue weighted by molar-refractivity contribution is -0.141. The summed E-state index contributed by atoms with van der Waals surface area (Å²) in [6.45, 7) is 2.66. The number of aromatic nitrogens is 5. The van der Waals surface area contributed by atoms with Crippen molar-refractivity contribution in [2.45, 2.75) is 61.0 Å². The summed E-state index contributed by atoms with van der Waals surface area (Å²) in [5, 5.41) is 31.6. The summed E-state index contributed by atoms with van der Waals surface area (Å²) < 4.78 is 40.0. The highest BCUT2D eigenvalue weighted by Gasteiger charge is 2.40. The Kier molecular flexibility index (Phi) is 6.94. The van der Waals surface area contributed by atoms with Gasteiger partial charge in [-0.05, 0) is 55.3 Å². The molecule has 182 valence electrons. The maximum atomic E-state index is 12.9. The van der Waals surface area contributed by atoms with Crippen molar-refractivity contribution in [1.82, 2.24) is 25.0 Å². The average Bonchev–Trinajstić information content (AvgIpc) is 3.37. The molecule has 0 radical (unpaired) electrons. The third-order valence-corrected chi connectivity index (χ3v) is 6.55. The third kappa shape index (κ3) is 5.09. The number of nitrogens with zero attached hydrogens (tertiary/aromatic N) is 5. The molecule has 0 amide bonds. The van der Waals surface area contributed by atoms with E-state index in [-0.39, 0.29) is 18.0 Å². The zero-order chi connectivity index (χ0) is 24.5. The molecular weight excluding hydrogens is 473 g/mol. The van der Waals surface area contributed by atoms with Crippen LogP contribution in [0, 0.1) is 5.92 Å². The number of alkyl halides is 3. The predicted molar refractivity (Wildman–Crippen MR) is 117 cm³/mol. The number of aliphatic carboxylic acids is 1. The molecule has 0 saturated heterocycles. The SMILES string of the molecule is CCCCNc1nc(Sc2ccc(C(F)(F)F)cc2)nc2c1nnn2[C@@H]1C[C@H](C(=O)O)C[C@H]1O. The number of carboxylic acid groups (broad SMARTS) is 1. The standard InChI is InChI=1S/C21H23F3N6O3S/c1-2-3-8-25-17-16-18(30(29-28-16)14-9-11(19(32)33)10-15(14)31)27-20(26-17)34-13-6-4-12(5-7-13)21(22,23)24/h4-7,11,14-15,31H,2-3,8-10H2,1H3,(H,32,33)(H,25,26,27)/t11-,14+,15+/m0/s1. The Labute approximate surface area is 196 Å². The molecule has 2 aromatic heterocycles. The first-order valence-corrected chi connectivity index (χ1v) is 11.6. The Balaban J connectivity index is 1.69. The number of aliphatic hydroxyl groups is 1. The van der Waals surface area contributed by atoms with Crippen LogP contribution >= 0.6 is 11.8 Å². The fraction of sp³-hybridized carbons (Fsp3) is 0.476. The predicted octanol–water partition coefficient (Wildman–Crippen LogP) is 4.00. The number of rotatable bonds is 8. The van der Waals surface area contributed by atoms with Crippen molar-refractivity contribution in [1.29, 1.82) is 0 Å². The highest BCUT2D eigenvalue weighted by molar-refractivity contribution is 7.99. The molecule has 1 aliphatic rings. The van der Waals surface area contributed by atoms with Crippen LogP contribution in [0.5, 0.6) is 0 Å². The van der Waals surface area contributed by atoms with Crippen molar-refractivity contribution >= 4 is 34.7 Å². The first-order chi connectivity index (χ1) is 16.2. The van der Waals surface area contributed by atoms with Gasteiger partial charge in [-0.25, -0.2) is 14.6 Å². The fourth-order valence-electron chi connectivity index (χ4n) is 3.86. The number of fused-ring (bicyclic) bond motifs is 1. The van der Waals surface area contributed by atoms with Gasteiger partial charge in [0.15, 0.2) is 22.1 Å². The van der Waals surface area contributed by atoms with Crippen molar-refractivity contribution in [2.75, 3.05) is 11.9 Å². The van der Waals surface area contributed by atoms with Gasteiger partial charge in [0.25, 0.3) is 0 Å². The molecule has 34 heavy (non-hydrogen) atoms. The molecule has 0 aliphatic heterocycles. The highest BCUT2D eigenvalue weighted by atomic mass is 32.2. The largest absolute Gasteiger partial charge is 0.481 e. The average molecular weight is 497 g/mol. The normalized spacial score (nSPS) is 20.7. The molecular formula is C21H23F3N6O3S. The van der Waals surface area contributed by atoms with Crippen molar-refractivity contribution in [3.8, 4) is 0 Å². The van der Waals surface area contributed by atoms with Crippen LogP contribution in [0.25, 0.3) is 11.2 Å². The summed E-state index contributed by atoms with van der Waals surface area (Å²) in [6, 6.07) is 4.06. The summed E-state index contributed by atoms with van der Waals surface area (Å²) >= 11 is 1.08. The molecule has 1 fully saturated rings. The van der Waals surface area contributed by atoms with Crippen molar-refractivity contribution in [2.24, 2.45) is 5.92 Å². The van der Waals surface area contributed by atoms with Gasteiger partial charge in [-0.3, -0.25) is 4.79 Å². The van der Waals surface area contributed by atoms with E-state index >= 15 is 0 Å². The Hall–Kier alpha value is -2.93. The van der Waals surface area contributed by atoms with Crippen molar-refractivity contribution < 1.29 is 28.2 Å². The van der Waals surface area contributed by atoms with E-state index in [2.05, 4.69) is 25.6 Å². The van der Waals surface area contributed by atoms with E-state index in [1.807, 2.05) is 6.92 Å². The summed E-state index contributed by atoms with van der Waals surface area (Å²) in [5.74, 6) is -1.27. The molecule has 9 nitrogen and oxygen atoms in total. The van der Waals surface area contributed by atoms with Gasteiger partial charge in [-0.15, -0.1) is 5.10 Å². The summed E-state index contributed by atoms with van der Waals surface area (Å²) in [4.78, 5) is 20.9. The summed E-state index contributed by atoms with van der Waals surface area (Å²) in [5.41, 5.74) is -0.0574. The van der Waals surface area contributed by atoms with Gasteiger partial charge in [0.05, 0.1) is 23.6 Å². The number of aliphatic hydroxyl groups excluding tert-OH is 1. The Morgan fingerprint density at radius 2 is 1.97 bits per heavy atom. The molecule has 2 heterocycles. The molecule has 1 saturated carbocycles. The number of anilines is 1. The maximum Gasteiger partial charge on any atom is 0.416 e.